The Morgan fingerprint density at radius 2 is 1.71 bits per heavy atom. The van der Waals surface area contributed by atoms with E-state index < -0.39 is 10.0 Å². The summed E-state index contributed by atoms with van der Waals surface area (Å²) in [4.78, 5) is 0.356. The van der Waals surface area contributed by atoms with Gasteiger partial charge in [-0.1, -0.05) is 32.9 Å². The van der Waals surface area contributed by atoms with Gasteiger partial charge in [-0.05, 0) is 50.0 Å². The van der Waals surface area contributed by atoms with E-state index in [0.29, 0.717) is 4.90 Å². The van der Waals surface area contributed by atoms with Gasteiger partial charge in [0, 0.05) is 13.1 Å². The van der Waals surface area contributed by atoms with Crippen molar-refractivity contribution in [2.45, 2.75) is 45.1 Å². The molecule has 0 aliphatic heterocycles. The van der Waals surface area contributed by atoms with Crippen LogP contribution in [0.1, 0.15) is 33.3 Å². The highest BCUT2D eigenvalue weighted by atomic mass is 32.2. The van der Waals surface area contributed by atoms with E-state index in [0.717, 1.165) is 18.5 Å². The molecule has 0 amide bonds. The molecule has 1 aromatic carbocycles. The molecule has 4 nitrogen and oxygen atoms in total. The molecule has 0 radical (unpaired) electrons. The van der Waals surface area contributed by atoms with Crippen molar-refractivity contribution in [3.63, 3.8) is 0 Å². The maximum atomic E-state index is 12.7. The van der Waals surface area contributed by atoms with E-state index in [-0.39, 0.29) is 11.5 Å². The third-order valence-electron chi connectivity index (χ3n) is 4.06. The molecule has 0 bridgehead atoms. The van der Waals surface area contributed by atoms with Crippen molar-refractivity contribution in [3.05, 3.63) is 29.8 Å². The van der Waals surface area contributed by atoms with Gasteiger partial charge in [0.05, 0.1) is 4.90 Å². The van der Waals surface area contributed by atoms with E-state index in [1.54, 1.807) is 19.2 Å². The van der Waals surface area contributed by atoms with Crippen molar-refractivity contribution in [1.82, 2.24) is 9.62 Å². The molecule has 120 valence electrons. The van der Waals surface area contributed by atoms with Gasteiger partial charge >= 0.3 is 0 Å². The van der Waals surface area contributed by atoms with Gasteiger partial charge in [0.25, 0.3) is 0 Å². The van der Waals surface area contributed by atoms with Crippen LogP contribution in [0, 0.1) is 5.41 Å². The number of hydrogen-bond donors (Lipinski definition) is 1. The molecule has 5 heteroatoms. The predicted octanol–water partition coefficient (Wildman–Crippen LogP) is 2.50. The van der Waals surface area contributed by atoms with Gasteiger partial charge in [-0.2, -0.15) is 4.31 Å². The van der Waals surface area contributed by atoms with Crippen LogP contribution in [0.5, 0.6) is 0 Å². The van der Waals surface area contributed by atoms with Gasteiger partial charge in [-0.3, -0.25) is 0 Å². The molecule has 1 unspecified atom stereocenters. The predicted molar refractivity (Wildman–Crippen MR) is 87.9 cm³/mol. The summed E-state index contributed by atoms with van der Waals surface area (Å²) in [6.45, 7) is 8.96. The molecular weight excluding hydrogens is 284 g/mol. The van der Waals surface area contributed by atoms with Crippen LogP contribution < -0.4 is 5.32 Å². The Bertz CT molecular complexity index is 545. The van der Waals surface area contributed by atoms with E-state index in [1.807, 2.05) is 46.9 Å². The van der Waals surface area contributed by atoms with E-state index in [4.69, 9.17) is 0 Å². The summed E-state index contributed by atoms with van der Waals surface area (Å²) >= 11 is 0. The molecule has 21 heavy (non-hydrogen) atoms. The van der Waals surface area contributed by atoms with Gasteiger partial charge in [-0.25, -0.2) is 8.42 Å². The van der Waals surface area contributed by atoms with E-state index in [9.17, 15) is 8.42 Å². The minimum Gasteiger partial charge on any atom is -0.319 e. The zero-order valence-corrected chi connectivity index (χ0v) is 14.8. The van der Waals surface area contributed by atoms with Crippen LogP contribution in [0.4, 0.5) is 0 Å². The normalized spacial score (nSPS) is 14.4. The lowest BCUT2D eigenvalue weighted by molar-refractivity contribution is 0.216. The second kappa shape index (κ2) is 6.90. The fourth-order valence-electron chi connectivity index (χ4n) is 2.02. The third-order valence-corrected chi connectivity index (χ3v) is 6.01. The number of nitrogens with one attached hydrogen (secondary N) is 1. The Kier molecular flexibility index (Phi) is 5.96. The van der Waals surface area contributed by atoms with Gasteiger partial charge in [0.1, 0.15) is 0 Å². The largest absolute Gasteiger partial charge is 0.319 e. The van der Waals surface area contributed by atoms with Crippen molar-refractivity contribution >= 4 is 10.0 Å². The summed E-state index contributed by atoms with van der Waals surface area (Å²) in [5.41, 5.74) is 1.03. The fraction of sp³-hybridized carbons (Fsp3) is 0.625. The molecule has 0 aliphatic rings. The lowest BCUT2D eigenvalue weighted by Gasteiger charge is -2.34. The van der Waals surface area contributed by atoms with Crippen LogP contribution in [0.25, 0.3) is 0 Å². The summed E-state index contributed by atoms with van der Waals surface area (Å²) in [6.07, 6.45) is 0.894. The molecule has 0 fully saturated rings. The molecule has 1 atom stereocenters. The molecule has 1 rings (SSSR count). The molecule has 1 N–H and O–H groups in total. The highest BCUT2D eigenvalue weighted by Gasteiger charge is 2.32. The highest BCUT2D eigenvalue weighted by Crippen LogP contribution is 2.27. The summed E-state index contributed by atoms with van der Waals surface area (Å²) < 4.78 is 26.8. The topological polar surface area (TPSA) is 49.4 Å². The van der Waals surface area contributed by atoms with Crippen LogP contribution in [0.3, 0.4) is 0 Å². The maximum Gasteiger partial charge on any atom is 0.243 e. The average Bonchev–Trinajstić information content (AvgIpc) is 2.42. The number of nitrogens with zero attached hydrogens (tertiary/aromatic N) is 1. The summed E-state index contributed by atoms with van der Waals surface area (Å²) in [6, 6.07) is 7.10. The van der Waals surface area contributed by atoms with Crippen molar-refractivity contribution in [1.29, 1.82) is 0 Å². The third kappa shape index (κ3) is 4.53. The van der Waals surface area contributed by atoms with Crippen molar-refractivity contribution in [2.75, 3.05) is 20.6 Å². The molecule has 0 saturated heterocycles. The average molecular weight is 312 g/mol. The van der Waals surface area contributed by atoms with Crippen LogP contribution in [0.15, 0.2) is 29.2 Å². The zero-order valence-electron chi connectivity index (χ0n) is 14.0. The molecule has 0 spiro atoms. The molecule has 1 aromatic rings. The number of sulfonamides is 1. The minimum atomic E-state index is -3.44. The summed E-state index contributed by atoms with van der Waals surface area (Å²) in [5, 5.41) is 3.08. The number of rotatable bonds is 6. The van der Waals surface area contributed by atoms with Crippen molar-refractivity contribution < 1.29 is 8.42 Å². The summed E-state index contributed by atoms with van der Waals surface area (Å²) in [5.74, 6) is 0. The first-order chi connectivity index (χ1) is 9.60. The monoisotopic (exact) mass is 312 g/mol. The fourth-order valence-corrected chi connectivity index (χ4v) is 3.56. The Morgan fingerprint density at radius 3 is 2.14 bits per heavy atom. The second-order valence-electron chi connectivity index (χ2n) is 6.56. The smallest absolute Gasteiger partial charge is 0.243 e. The first-order valence-electron chi connectivity index (χ1n) is 7.32. The number of benzene rings is 1. The van der Waals surface area contributed by atoms with E-state index in [2.05, 4.69) is 5.32 Å². The van der Waals surface area contributed by atoms with Gasteiger partial charge in [0.15, 0.2) is 0 Å². The molecule has 0 aliphatic carbocycles. The SMILES string of the molecule is CNCCc1ccc(S(=O)(=O)N(C)C(C)C(C)(C)C)cc1. The van der Waals surface area contributed by atoms with Crippen molar-refractivity contribution in [3.8, 4) is 0 Å². The van der Waals surface area contributed by atoms with Gasteiger partial charge in [-0.15, -0.1) is 0 Å². The maximum absolute atomic E-state index is 12.7. The van der Waals surface area contributed by atoms with Crippen LogP contribution >= 0.6 is 0 Å². The summed E-state index contributed by atoms with van der Waals surface area (Å²) in [7, 11) is 0.116. The lowest BCUT2D eigenvalue weighted by atomic mass is 9.88. The van der Waals surface area contributed by atoms with E-state index in [1.165, 1.54) is 4.31 Å². The molecule has 0 aromatic heterocycles. The van der Waals surface area contributed by atoms with Crippen LogP contribution in [-0.4, -0.2) is 39.4 Å². The quantitative estimate of drug-likeness (QED) is 0.878. The number of hydrogen-bond acceptors (Lipinski definition) is 3. The standard InChI is InChI=1S/C16H28N2O2S/c1-13(16(2,3)4)18(6)21(19,20)15-9-7-14(8-10-15)11-12-17-5/h7-10,13,17H,11-12H2,1-6H3. The Hall–Kier alpha value is -0.910. The zero-order chi connectivity index (χ0) is 16.3. The van der Waals surface area contributed by atoms with Gasteiger partial charge in [0.2, 0.25) is 10.0 Å². The first kappa shape index (κ1) is 18.1. The Labute approximate surface area is 129 Å². The molecule has 0 saturated carbocycles. The number of likely N-dealkylation sites (N-methyl/N-ethyl adjacent to an activating group) is 1. The Morgan fingerprint density at radius 1 is 1.19 bits per heavy atom. The lowest BCUT2D eigenvalue weighted by Crippen LogP contribution is -2.42. The van der Waals surface area contributed by atoms with E-state index >= 15 is 0 Å². The van der Waals surface area contributed by atoms with Gasteiger partial charge < -0.3 is 5.32 Å². The van der Waals surface area contributed by atoms with Crippen molar-refractivity contribution in [2.24, 2.45) is 5.41 Å². The highest BCUT2D eigenvalue weighted by molar-refractivity contribution is 7.89. The Balaban J connectivity index is 2.97. The van der Waals surface area contributed by atoms with Crippen LogP contribution in [-0.2, 0) is 16.4 Å². The second-order valence-corrected chi connectivity index (χ2v) is 8.56. The van der Waals surface area contributed by atoms with Crippen LogP contribution in [0.2, 0.25) is 0 Å². The first-order valence-corrected chi connectivity index (χ1v) is 8.76. The molecular formula is C16H28N2O2S. The molecule has 0 heterocycles. The minimum absolute atomic E-state index is 0.0773.